The molecule has 0 aromatic rings. The highest BCUT2D eigenvalue weighted by atomic mass is 16.6. The van der Waals surface area contributed by atoms with Crippen LogP contribution in [0.3, 0.4) is 0 Å². The summed E-state index contributed by atoms with van der Waals surface area (Å²) in [5.41, 5.74) is 0. The van der Waals surface area contributed by atoms with Gasteiger partial charge in [-0.2, -0.15) is 0 Å². The van der Waals surface area contributed by atoms with Crippen LogP contribution in [-0.4, -0.2) is 30.6 Å². The molecule has 0 saturated carbocycles. The summed E-state index contributed by atoms with van der Waals surface area (Å²) in [4.78, 5) is 0. The standard InChI is InChI=1S/C9H22BNO3/c1-2-3-4-5-6-7-8-11-9-14-10(12)13/h11-13H,2-9H2,1H3. The van der Waals surface area contributed by atoms with Gasteiger partial charge < -0.3 is 14.7 Å². The number of unbranched alkanes of at least 4 members (excludes halogenated alkanes) is 5. The van der Waals surface area contributed by atoms with Crippen molar-refractivity contribution in [2.24, 2.45) is 0 Å². The normalized spacial score (nSPS) is 10.5. The maximum atomic E-state index is 8.35. The molecule has 0 amide bonds. The molecule has 0 heterocycles. The molecule has 0 unspecified atom stereocenters. The van der Waals surface area contributed by atoms with E-state index in [4.69, 9.17) is 10.0 Å². The monoisotopic (exact) mass is 203 g/mol. The van der Waals surface area contributed by atoms with E-state index in [2.05, 4.69) is 16.9 Å². The summed E-state index contributed by atoms with van der Waals surface area (Å²) in [6.45, 7) is 3.28. The molecular weight excluding hydrogens is 181 g/mol. The van der Waals surface area contributed by atoms with Gasteiger partial charge in [-0.1, -0.05) is 39.0 Å². The third-order valence-electron chi connectivity index (χ3n) is 2.04. The van der Waals surface area contributed by atoms with Crippen molar-refractivity contribution in [1.82, 2.24) is 5.32 Å². The van der Waals surface area contributed by atoms with E-state index in [1.54, 1.807) is 0 Å². The quantitative estimate of drug-likeness (QED) is 0.280. The Labute approximate surface area is 86.8 Å². The summed E-state index contributed by atoms with van der Waals surface area (Å²) in [6, 6.07) is 0. The molecule has 0 atom stereocenters. The van der Waals surface area contributed by atoms with Gasteiger partial charge in [0.2, 0.25) is 0 Å². The maximum Gasteiger partial charge on any atom is 0.634 e. The molecule has 84 valence electrons. The lowest BCUT2D eigenvalue weighted by molar-refractivity contribution is 0.171. The van der Waals surface area contributed by atoms with Gasteiger partial charge in [-0.25, -0.2) is 0 Å². The molecule has 0 bridgehead atoms. The van der Waals surface area contributed by atoms with E-state index < -0.39 is 7.32 Å². The lowest BCUT2D eigenvalue weighted by atomic mass is 10.1. The fourth-order valence-electron chi connectivity index (χ4n) is 1.24. The molecule has 14 heavy (non-hydrogen) atoms. The van der Waals surface area contributed by atoms with E-state index in [9.17, 15) is 0 Å². The van der Waals surface area contributed by atoms with E-state index in [-0.39, 0.29) is 6.73 Å². The van der Waals surface area contributed by atoms with Crippen LogP contribution >= 0.6 is 0 Å². The van der Waals surface area contributed by atoms with Gasteiger partial charge in [-0.3, -0.25) is 5.32 Å². The number of nitrogens with one attached hydrogen (secondary N) is 1. The number of rotatable bonds is 10. The highest BCUT2D eigenvalue weighted by Gasteiger charge is 2.05. The van der Waals surface area contributed by atoms with Crippen LogP contribution in [0.4, 0.5) is 0 Å². The van der Waals surface area contributed by atoms with Crippen molar-refractivity contribution in [3.05, 3.63) is 0 Å². The first-order valence-corrected chi connectivity index (χ1v) is 5.45. The minimum Gasteiger partial charge on any atom is -0.402 e. The predicted octanol–water partition coefficient (Wildman–Crippen LogP) is 0.880. The molecular formula is C9H22BNO3. The summed E-state index contributed by atoms with van der Waals surface area (Å²) in [7, 11) is -1.66. The highest BCUT2D eigenvalue weighted by Crippen LogP contribution is 2.03. The summed E-state index contributed by atoms with van der Waals surface area (Å²) >= 11 is 0. The van der Waals surface area contributed by atoms with Crippen LogP contribution < -0.4 is 5.32 Å². The fraction of sp³-hybridized carbons (Fsp3) is 1.00. The maximum absolute atomic E-state index is 8.35. The van der Waals surface area contributed by atoms with Crippen LogP contribution in [0, 0.1) is 0 Å². The van der Waals surface area contributed by atoms with Gasteiger partial charge in [0, 0.05) is 0 Å². The molecule has 0 aliphatic rings. The molecule has 0 aromatic carbocycles. The van der Waals surface area contributed by atoms with Crippen molar-refractivity contribution < 1.29 is 14.7 Å². The van der Waals surface area contributed by atoms with Gasteiger partial charge in [0.05, 0.1) is 6.73 Å². The Morgan fingerprint density at radius 3 is 2.36 bits per heavy atom. The van der Waals surface area contributed by atoms with Crippen LogP contribution in [-0.2, 0) is 4.65 Å². The Kier molecular flexibility index (Phi) is 10.9. The van der Waals surface area contributed by atoms with Crippen molar-refractivity contribution in [3.8, 4) is 0 Å². The molecule has 0 aliphatic heterocycles. The molecule has 0 saturated heterocycles. The Morgan fingerprint density at radius 1 is 1.07 bits per heavy atom. The second kappa shape index (κ2) is 11.0. The molecule has 0 aromatic heterocycles. The first kappa shape index (κ1) is 13.9. The smallest absolute Gasteiger partial charge is 0.402 e. The first-order chi connectivity index (χ1) is 6.77. The van der Waals surface area contributed by atoms with E-state index >= 15 is 0 Å². The summed E-state index contributed by atoms with van der Waals surface area (Å²) in [6.07, 6.45) is 7.57. The minimum atomic E-state index is -1.66. The van der Waals surface area contributed by atoms with Crippen molar-refractivity contribution in [3.63, 3.8) is 0 Å². The van der Waals surface area contributed by atoms with E-state index in [0.29, 0.717) is 0 Å². The largest absolute Gasteiger partial charge is 0.634 e. The highest BCUT2D eigenvalue weighted by molar-refractivity contribution is 6.32. The summed E-state index contributed by atoms with van der Waals surface area (Å²) < 4.78 is 4.49. The van der Waals surface area contributed by atoms with Crippen molar-refractivity contribution in [1.29, 1.82) is 0 Å². The Balaban J connectivity index is 2.85. The van der Waals surface area contributed by atoms with Crippen LogP contribution in [0.5, 0.6) is 0 Å². The molecule has 4 nitrogen and oxygen atoms in total. The van der Waals surface area contributed by atoms with Gasteiger partial charge in [0.15, 0.2) is 0 Å². The zero-order valence-electron chi connectivity index (χ0n) is 9.04. The summed E-state index contributed by atoms with van der Waals surface area (Å²) in [5.74, 6) is 0. The van der Waals surface area contributed by atoms with Crippen LogP contribution in [0.2, 0.25) is 0 Å². The van der Waals surface area contributed by atoms with Crippen molar-refractivity contribution in [2.75, 3.05) is 13.3 Å². The van der Waals surface area contributed by atoms with E-state index in [1.807, 2.05) is 0 Å². The molecule has 0 aliphatic carbocycles. The van der Waals surface area contributed by atoms with E-state index in [1.165, 1.54) is 32.1 Å². The number of hydrogen-bond acceptors (Lipinski definition) is 4. The average molecular weight is 203 g/mol. The SMILES string of the molecule is CCCCCCCCNCOB(O)O. The van der Waals surface area contributed by atoms with Gasteiger partial charge >= 0.3 is 7.32 Å². The van der Waals surface area contributed by atoms with Gasteiger partial charge in [0.1, 0.15) is 0 Å². The zero-order chi connectivity index (χ0) is 10.6. The van der Waals surface area contributed by atoms with Crippen LogP contribution in [0.1, 0.15) is 45.4 Å². The van der Waals surface area contributed by atoms with Gasteiger partial charge in [0.25, 0.3) is 0 Å². The van der Waals surface area contributed by atoms with Gasteiger partial charge in [-0.05, 0) is 13.0 Å². The summed E-state index contributed by atoms with van der Waals surface area (Å²) in [5, 5.41) is 19.7. The topological polar surface area (TPSA) is 61.7 Å². The van der Waals surface area contributed by atoms with E-state index in [0.717, 1.165) is 13.0 Å². The fourth-order valence-corrected chi connectivity index (χ4v) is 1.24. The van der Waals surface area contributed by atoms with Crippen molar-refractivity contribution >= 4 is 7.32 Å². The molecule has 0 radical (unpaired) electrons. The molecule has 0 spiro atoms. The Morgan fingerprint density at radius 2 is 1.71 bits per heavy atom. The first-order valence-electron chi connectivity index (χ1n) is 5.45. The second-order valence-electron chi connectivity index (χ2n) is 3.41. The lowest BCUT2D eigenvalue weighted by Crippen LogP contribution is -2.26. The Hall–Kier alpha value is -0.0951. The number of hydrogen-bond donors (Lipinski definition) is 3. The Bertz CT molecular complexity index is 114. The van der Waals surface area contributed by atoms with Gasteiger partial charge in [-0.15, -0.1) is 0 Å². The third-order valence-corrected chi connectivity index (χ3v) is 2.04. The molecule has 5 heteroatoms. The third kappa shape index (κ3) is 11.9. The molecule has 3 N–H and O–H groups in total. The molecule has 0 fully saturated rings. The predicted molar refractivity (Wildman–Crippen MR) is 57.5 cm³/mol. The minimum absolute atomic E-state index is 0.201. The second-order valence-corrected chi connectivity index (χ2v) is 3.41. The van der Waals surface area contributed by atoms with Crippen molar-refractivity contribution in [2.45, 2.75) is 45.4 Å². The van der Waals surface area contributed by atoms with Crippen LogP contribution in [0.25, 0.3) is 0 Å². The average Bonchev–Trinajstić information content (AvgIpc) is 2.15. The van der Waals surface area contributed by atoms with Crippen LogP contribution in [0.15, 0.2) is 0 Å². The lowest BCUT2D eigenvalue weighted by Gasteiger charge is -2.05. The molecule has 0 rings (SSSR count). The zero-order valence-corrected chi connectivity index (χ0v) is 9.04.